The standard InChI is InChI=1S/C24H24N4O2S/c1-15(27-28-24-26-22(14-31-24)17-7-5-4-6-8-17)9-11-19-16(2)25-21-12-10-18(30-3)13-20(21)23(19)29/h4-8,10,12-14H,9,11H2,1-3H3,(H,25,29)(H,26,28). The number of benzene rings is 2. The van der Waals surface area contributed by atoms with Crippen LogP contribution in [0.1, 0.15) is 24.6 Å². The summed E-state index contributed by atoms with van der Waals surface area (Å²) in [6, 6.07) is 15.6. The van der Waals surface area contributed by atoms with Crippen LogP contribution in [0.2, 0.25) is 0 Å². The molecule has 0 unspecified atom stereocenters. The van der Waals surface area contributed by atoms with Gasteiger partial charge in [-0.2, -0.15) is 5.10 Å². The van der Waals surface area contributed by atoms with Crippen LogP contribution in [0.4, 0.5) is 5.13 Å². The van der Waals surface area contributed by atoms with Gasteiger partial charge in [0.15, 0.2) is 5.43 Å². The van der Waals surface area contributed by atoms with Gasteiger partial charge in [-0.15, -0.1) is 11.3 Å². The number of fused-ring (bicyclic) bond motifs is 1. The smallest absolute Gasteiger partial charge is 0.203 e. The summed E-state index contributed by atoms with van der Waals surface area (Å²) in [6.45, 7) is 3.89. The Bertz CT molecular complexity index is 1290. The second-order valence-electron chi connectivity index (χ2n) is 7.33. The van der Waals surface area contributed by atoms with E-state index in [1.54, 1.807) is 13.2 Å². The third-order valence-electron chi connectivity index (χ3n) is 5.17. The van der Waals surface area contributed by atoms with Gasteiger partial charge in [-0.1, -0.05) is 30.3 Å². The molecule has 158 valence electrons. The minimum absolute atomic E-state index is 0.0401. The second kappa shape index (κ2) is 9.14. The van der Waals surface area contributed by atoms with Crippen molar-refractivity contribution in [3.63, 3.8) is 0 Å². The van der Waals surface area contributed by atoms with Crippen molar-refractivity contribution in [2.75, 3.05) is 12.5 Å². The summed E-state index contributed by atoms with van der Waals surface area (Å²) in [5.41, 5.74) is 8.46. The Morgan fingerprint density at radius 2 is 2.03 bits per heavy atom. The van der Waals surface area contributed by atoms with Crippen molar-refractivity contribution in [1.82, 2.24) is 9.97 Å². The van der Waals surface area contributed by atoms with E-state index in [-0.39, 0.29) is 5.43 Å². The Balaban J connectivity index is 1.45. The summed E-state index contributed by atoms with van der Waals surface area (Å²) in [4.78, 5) is 20.9. The lowest BCUT2D eigenvalue weighted by atomic mass is 10.0. The van der Waals surface area contributed by atoms with E-state index < -0.39 is 0 Å². The van der Waals surface area contributed by atoms with Crippen LogP contribution in [0.15, 0.2) is 63.8 Å². The molecule has 0 fully saturated rings. The normalized spacial score (nSPS) is 11.6. The lowest BCUT2D eigenvalue weighted by Crippen LogP contribution is -2.15. The molecule has 0 saturated carbocycles. The van der Waals surface area contributed by atoms with Crippen molar-refractivity contribution in [3.05, 3.63) is 75.4 Å². The monoisotopic (exact) mass is 432 g/mol. The molecule has 6 nitrogen and oxygen atoms in total. The van der Waals surface area contributed by atoms with Gasteiger partial charge in [-0.3, -0.25) is 10.2 Å². The summed E-state index contributed by atoms with van der Waals surface area (Å²) in [5.74, 6) is 0.674. The topological polar surface area (TPSA) is 79.4 Å². The number of aryl methyl sites for hydroxylation is 1. The van der Waals surface area contributed by atoms with Gasteiger partial charge in [0.1, 0.15) is 5.75 Å². The van der Waals surface area contributed by atoms with Crippen LogP contribution in [0.5, 0.6) is 5.75 Å². The molecule has 2 aromatic heterocycles. The first-order valence-corrected chi connectivity index (χ1v) is 10.9. The molecule has 0 aliphatic heterocycles. The Labute approximate surface area is 184 Å². The molecule has 7 heteroatoms. The Kier molecular flexibility index (Phi) is 6.13. The number of hydrogen-bond acceptors (Lipinski definition) is 6. The average molecular weight is 433 g/mol. The fraction of sp³-hybridized carbons (Fsp3) is 0.208. The number of thiazole rings is 1. The minimum atomic E-state index is 0.0401. The molecule has 0 radical (unpaired) electrons. The van der Waals surface area contributed by atoms with E-state index in [0.717, 1.165) is 38.9 Å². The van der Waals surface area contributed by atoms with E-state index in [0.29, 0.717) is 24.0 Å². The molecule has 2 aromatic carbocycles. The number of anilines is 1. The summed E-state index contributed by atoms with van der Waals surface area (Å²) >= 11 is 1.51. The maximum atomic E-state index is 13.0. The molecule has 2 heterocycles. The lowest BCUT2D eigenvalue weighted by Gasteiger charge is -2.09. The predicted octanol–water partition coefficient (Wildman–Crippen LogP) is 5.39. The number of aromatic amines is 1. The molecule has 0 bridgehead atoms. The maximum Gasteiger partial charge on any atom is 0.203 e. The van der Waals surface area contributed by atoms with Crippen molar-refractivity contribution in [2.45, 2.75) is 26.7 Å². The van der Waals surface area contributed by atoms with Crippen LogP contribution < -0.4 is 15.6 Å². The molecule has 0 aliphatic rings. The van der Waals surface area contributed by atoms with Crippen LogP contribution in [0, 0.1) is 6.92 Å². The molecule has 4 rings (SSSR count). The number of H-pyrrole nitrogens is 1. The summed E-state index contributed by atoms with van der Waals surface area (Å²) < 4.78 is 5.26. The van der Waals surface area contributed by atoms with Gasteiger partial charge in [-0.25, -0.2) is 4.98 Å². The maximum absolute atomic E-state index is 13.0. The number of pyridine rings is 1. The van der Waals surface area contributed by atoms with Crippen molar-refractivity contribution >= 4 is 33.1 Å². The van der Waals surface area contributed by atoms with E-state index in [4.69, 9.17) is 4.74 Å². The van der Waals surface area contributed by atoms with Crippen molar-refractivity contribution in [3.8, 4) is 17.0 Å². The van der Waals surface area contributed by atoms with Crippen molar-refractivity contribution < 1.29 is 4.74 Å². The van der Waals surface area contributed by atoms with Gasteiger partial charge < -0.3 is 9.72 Å². The number of nitrogens with one attached hydrogen (secondary N) is 2. The Hall–Kier alpha value is -3.45. The Morgan fingerprint density at radius 1 is 1.23 bits per heavy atom. The zero-order valence-corrected chi connectivity index (χ0v) is 18.5. The molecule has 0 atom stereocenters. The molecular weight excluding hydrogens is 408 g/mol. The zero-order chi connectivity index (χ0) is 21.8. The highest BCUT2D eigenvalue weighted by molar-refractivity contribution is 7.14. The molecular formula is C24H24N4O2S. The highest BCUT2D eigenvalue weighted by atomic mass is 32.1. The number of hydrogen-bond donors (Lipinski definition) is 2. The van der Waals surface area contributed by atoms with Gasteiger partial charge in [0, 0.05) is 38.8 Å². The molecule has 0 aliphatic carbocycles. The quantitative estimate of drug-likeness (QED) is 0.303. The second-order valence-corrected chi connectivity index (χ2v) is 8.19. The average Bonchev–Trinajstić information content (AvgIpc) is 3.27. The molecule has 0 spiro atoms. The van der Waals surface area contributed by atoms with Gasteiger partial charge >= 0.3 is 0 Å². The third-order valence-corrected chi connectivity index (χ3v) is 5.92. The number of ether oxygens (including phenoxy) is 1. The van der Waals surface area contributed by atoms with Gasteiger partial charge in [0.25, 0.3) is 0 Å². The first-order valence-electron chi connectivity index (χ1n) is 10.0. The van der Waals surface area contributed by atoms with E-state index in [1.165, 1.54) is 11.3 Å². The summed E-state index contributed by atoms with van der Waals surface area (Å²) in [6.07, 6.45) is 1.28. The predicted molar refractivity (Wildman–Crippen MR) is 128 cm³/mol. The van der Waals surface area contributed by atoms with Gasteiger partial charge in [-0.05, 0) is 44.9 Å². The molecule has 4 aromatic rings. The first kappa shape index (κ1) is 20.8. The largest absolute Gasteiger partial charge is 0.497 e. The van der Waals surface area contributed by atoms with Crippen LogP contribution >= 0.6 is 11.3 Å². The SMILES string of the molecule is COc1ccc2[nH]c(C)c(CCC(C)=NNc3nc(-c4ccccc4)cs3)c(=O)c2c1. The van der Waals surface area contributed by atoms with Crippen molar-refractivity contribution in [2.24, 2.45) is 5.10 Å². The van der Waals surface area contributed by atoms with E-state index >= 15 is 0 Å². The zero-order valence-electron chi connectivity index (χ0n) is 17.7. The number of rotatable bonds is 7. The van der Waals surface area contributed by atoms with E-state index in [9.17, 15) is 4.79 Å². The number of nitrogens with zero attached hydrogens (tertiary/aromatic N) is 2. The number of methoxy groups -OCH3 is 1. The lowest BCUT2D eigenvalue weighted by molar-refractivity contribution is 0.415. The molecule has 31 heavy (non-hydrogen) atoms. The number of aromatic nitrogens is 2. The minimum Gasteiger partial charge on any atom is -0.497 e. The third kappa shape index (κ3) is 4.67. The highest BCUT2D eigenvalue weighted by Gasteiger charge is 2.11. The van der Waals surface area contributed by atoms with Crippen LogP contribution in [-0.2, 0) is 6.42 Å². The van der Waals surface area contributed by atoms with Crippen LogP contribution in [0.3, 0.4) is 0 Å². The highest BCUT2D eigenvalue weighted by Crippen LogP contribution is 2.24. The van der Waals surface area contributed by atoms with Crippen LogP contribution in [-0.4, -0.2) is 22.8 Å². The molecule has 0 amide bonds. The van der Waals surface area contributed by atoms with Crippen LogP contribution in [0.25, 0.3) is 22.2 Å². The fourth-order valence-electron chi connectivity index (χ4n) is 3.43. The van der Waals surface area contributed by atoms with E-state index in [1.807, 2.05) is 61.7 Å². The summed E-state index contributed by atoms with van der Waals surface area (Å²) in [5, 5.41) is 7.84. The van der Waals surface area contributed by atoms with E-state index in [2.05, 4.69) is 20.5 Å². The van der Waals surface area contributed by atoms with Crippen molar-refractivity contribution in [1.29, 1.82) is 0 Å². The number of hydrazone groups is 1. The molecule has 2 N–H and O–H groups in total. The Morgan fingerprint density at radius 3 is 2.81 bits per heavy atom. The first-order chi connectivity index (χ1) is 15.0. The summed E-state index contributed by atoms with van der Waals surface area (Å²) in [7, 11) is 1.60. The van der Waals surface area contributed by atoms with Gasteiger partial charge in [0.2, 0.25) is 5.13 Å². The van der Waals surface area contributed by atoms with Gasteiger partial charge in [0.05, 0.1) is 12.8 Å². The fourth-order valence-corrected chi connectivity index (χ4v) is 4.09. The molecule has 0 saturated heterocycles.